The van der Waals surface area contributed by atoms with Gasteiger partial charge in [0.25, 0.3) is 0 Å². The van der Waals surface area contributed by atoms with Crippen LogP contribution in [0.1, 0.15) is 56.9 Å². The van der Waals surface area contributed by atoms with Gasteiger partial charge in [-0.15, -0.1) is 23.7 Å². The molecule has 15 heteroatoms. The number of rotatable bonds is 15. The van der Waals surface area contributed by atoms with Crippen molar-refractivity contribution in [1.82, 2.24) is 15.3 Å². The number of hydrogen-bond donors (Lipinski definition) is 2. The van der Waals surface area contributed by atoms with Crippen molar-refractivity contribution in [3.63, 3.8) is 0 Å². The van der Waals surface area contributed by atoms with E-state index in [1.807, 2.05) is 55.6 Å². The number of thioether (sulfide) groups is 1. The van der Waals surface area contributed by atoms with E-state index < -0.39 is 24.0 Å². The molecule has 4 aromatic rings. The molecule has 1 fully saturated rings. The molecule has 1 aliphatic rings. The van der Waals surface area contributed by atoms with E-state index in [0.29, 0.717) is 56.0 Å². The van der Waals surface area contributed by atoms with Gasteiger partial charge in [0.2, 0.25) is 5.91 Å². The van der Waals surface area contributed by atoms with Gasteiger partial charge in [-0.3, -0.25) is 4.79 Å². The summed E-state index contributed by atoms with van der Waals surface area (Å²) >= 11 is 9.02. The minimum absolute atomic E-state index is 0. The predicted octanol–water partition coefficient (Wildman–Crippen LogP) is 7.38. The van der Waals surface area contributed by atoms with Crippen molar-refractivity contribution in [3.8, 4) is 39.6 Å². The minimum atomic E-state index is -0.802. The van der Waals surface area contributed by atoms with Gasteiger partial charge in [0.15, 0.2) is 0 Å². The Bertz CT molecular complexity index is 1950. The summed E-state index contributed by atoms with van der Waals surface area (Å²) in [6.07, 6.45) is 2.41. The molecule has 0 spiro atoms. The molecule has 278 valence electrons. The Labute approximate surface area is 329 Å². The second-order valence-corrected chi connectivity index (χ2v) is 15.0. The van der Waals surface area contributed by atoms with Crippen LogP contribution in [0.4, 0.5) is 5.82 Å². The van der Waals surface area contributed by atoms with Crippen molar-refractivity contribution in [2.45, 2.75) is 62.9 Å². The van der Waals surface area contributed by atoms with E-state index in [0.717, 1.165) is 42.2 Å². The average molecular weight is 795 g/mol. The van der Waals surface area contributed by atoms with Crippen LogP contribution in [-0.2, 0) is 20.1 Å². The normalized spacial score (nSPS) is 13.4. The van der Waals surface area contributed by atoms with E-state index in [1.54, 1.807) is 19.1 Å². The monoisotopic (exact) mass is 793 g/mol. The second kappa shape index (κ2) is 19.6. The lowest BCUT2D eigenvalue weighted by Gasteiger charge is -2.22. The number of nitrogens with one attached hydrogen (secondary N) is 1. The Morgan fingerprint density at radius 2 is 1.66 bits per heavy atom. The summed E-state index contributed by atoms with van der Waals surface area (Å²) in [5.41, 5.74) is 9.37. The Balaban J connectivity index is 0.00000627. The highest BCUT2D eigenvalue weighted by Gasteiger charge is 2.27. The van der Waals surface area contributed by atoms with Crippen LogP contribution in [0, 0.1) is 28.6 Å². The van der Waals surface area contributed by atoms with Crippen molar-refractivity contribution in [3.05, 3.63) is 75.8 Å². The highest BCUT2D eigenvalue weighted by Crippen LogP contribution is 2.40. The lowest BCUT2D eigenvalue weighted by Crippen LogP contribution is -2.48. The fraction of sp³-hybridized carbons (Fsp3) is 0.368. The van der Waals surface area contributed by atoms with Crippen molar-refractivity contribution >= 4 is 64.8 Å². The van der Waals surface area contributed by atoms with Crippen LogP contribution >= 0.6 is 47.1 Å². The SMILES string of the molecule is CC(C)C[C@H](NC(=O)[C@H](C)N)C(=O)OCCOc1ccc(-c2c(C#N)c(SCc3csc(-c4ccc(Cl)cc4)n3)nc(N3CCCC3)c2C#N)cc1.Cl. The third-order valence-electron chi connectivity index (χ3n) is 8.23. The smallest absolute Gasteiger partial charge is 0.328 e. The van der Waals surface area contributed by atoms with E-state index in [9.17, 15) is 20.1 Å². The molecular weight excluding hydrogens is 754 g/mol. The summed E-state index contributed by atoms with van der Waals surface area (Å²) in [6, 6.07) is 17.8. The van der Waals surface area contributed by atoms with Crippen LogP contribution in [0.15, 0.2) is 58.9 Å². The number of esters is 1. The maximum atomic E-state index is 12.7. The lowest BCUT2D eigenvalue weighted by atomic mass is 9.96. The molecule has 3 heterocycles. The summed E-state index contributed by atoms with van der Waals surface area (Å²) in [6.45, 7) is 7.07. The van der Waals surface area contributed by atoms with Crippen LogP contribution in [0.2, 0.25) is 5.02 Å². The highest BCUT2D eigenvalue weighted by atomic mass is 35.5. The number of benzene rings is 2. The number of anilines is 1. The molecule has 1 aliphatic heterocycles. The number of carbonyl (C=O) groups excluding carboxylic acids is 2. The largest absolute Gasteiger partial charge is 0.490 e. The molecule has 0 aliphatic carbocycles. The molecule has 0 radical (unpaired) electrons. The third-order valence-corrected chi connectivity index (χ3v) is 10.4. The molecule has 2 aromatic carbocycles. The zero-order valence-electron chi connectivity index (χ0n) is 29.6. The number of nitriles is 2. The molecule has 5 rings (SSSR count). The lowest BCUT2D eigenvalue weighted by molar-refractivity contribution is -0.149. The summed E-state index contributed by atoms with van der Waals surface area (Å²) in [5.74, 6) is 0.763. The van der Waals surface area contributed by atoms with Gasteiger partial charge in [0.1, 0.15) is 58.6 Å². The Morgan fingerprint density at radius 1 is 1.00 bits per heavy atom. The van der Waals surface area contributed by atoms with E-state index in [4.69, 9.17) is 36.8 Å². The quantitative estimate of drug-likeness (QED) is 0.0700. The van der Waals surface area contributed by atoms with Crippen LogP contribution in [0.3, 0.4) is 0 Å². The van der Waals surface area contributed by atoms with E-state index in [2.05, 4.69) is 22.4 Å². The van der Waals surface area contributed by atoms with Crippen LogP contribution < -0.4 is 20.7 Å². The van der Waals surface area contributed by atoms with Gasteiger partial charge >= 0.3 is 5.97 Å². The van der Waals surface area contributed by atoms with E-state index >= 15 is 0 Å². The first-order chi connectivity index (χ1) is 25.1. The van der Waals surface area contributed by atoms with Gasteiger partial charge in [0.05, 0.1) is 17.3 Å². The zero-order valence-corrected chi connectivity index (χ0v) is 32.8. The fourth-order valence-electron chi connectivity index (χ4n) is 5.66. The Hall–Kier alpha value is -4.37. The maximum absolute atomic E-state index is 12.7. The number of nitrogens with two attached hydrogens (primary N) is 1. The molecule has 0 saturated carbocycles. The topological polar surface area (TPSA) is 167 Å². The number of thiazole rings is 1. The van der Waals surface area contributed by atoms with Gasteiger partial charge in [-0.05, 0) is 61.9 Å². The van der Waals surface area contributed by atoms with Gasteiger partial charge in [-0.2, -0.15) is 10.5 Å². The molecule has 2 aromatic heterocycles. The number of pyridine rings is 1. The minimum Gasteiger partial charge on any atom is -0.490 e. The van der Waals surface area contributed by atoms with Crippen LogP contribution in [0.25, 0.3) is 21.7 Å². The molecular formula is C38H41Cl2N7O4S2. The first-order valence-corrected chi connectivity index (χ1v) is 19.2. The number of aromatic nitrogens is 2. The molecule has 1 saturated heterocycles. The number of hydrogen-bond acceptors (Lipinski definition) is 12. The van der Waals surface area contributed by atoms with Crippen molar-refractivity contribution in [2.24, 2.45) is 11.7 Å². The first kappa shape index (κ1) is 41.4. The molecule has 0 bridgehead atoms. The predicted molar refractivity (Wildman–Crippen MR) is 211 cm³/mol. The van der Waals surface area contributed by atoms with Gasteiger partial charge < -0.3 is 25.4 Å². The summed E-state index contributed by atoms with van der Waals surface area (Å²) in [7, 11) is 0. The number of carbonyl (C=O) groups is 2. The Morgan fingerprint density at radius 3 is 2.28 bits per heavy atom. The number of nitrogens with zero attached hydrogens (tertiary/aromatic N) is 5. The van der Waals surface area contributed by atoms with Crippen LogP contribution in [0.5, 0.6) is 5.75 Å². The number of amides is 1. The number of halogens is 2. The zero-order chi connectivity index (χ0) is 37.2. The average Bonchev–Trinajstić information content (AvgIpc) is 3.85. The van der Waals surface area contributed by atoms with E-state index in [-0.39, 0.29) is 31.5 Å². The standard InChI is InChI=1S/C38H40ClN7O4S2.ClH/c1-23(2)18-32(44-35(47)24(3)42)38(48)50-17-16-49-29-12-8-25(9-13-29)33-30(19-40)34(46-14-4-5-15-46)45-37(31(33)20-41)52-22-28-21-51-36(43-28)26-6-10-27(39)11-7-26;/h6-13,21,23-24,32H,4-5,14-18,22,42H2,1-3H3,(H,44,47);1H/t24-,32-;/m0./s1. The molecule has 0 unspecified atom stereocenters. The third kappa shape index (κ3) is 10.8. The highest BCUT2D eigenvalue weighted by molar-refractivity contribution is 7.98. The van der Waals surface area contributed by atoms with E-state index in [1.165, 1.54) is 23.1 Å². The Kier molecular flexibility index (Phi) is 15.3. The first-order valence-electron chi connectivity index (χ1n) is 17.0. The van der Waals surface area contributed by atoms with Gasteiger partial charge in [-0.1, -0.05) is 61.5 Å². The summed E-state index contributed by atoms with van der Waals surface area (Å²) in [5, 5.41) is 27.6. The van der Waals surface area contributed by atoms with Crippen molar-refractivity contribution in [2.75, 3.05) is 31.2 Å². The maximum Gasteiger partial charge on any atom is 0.328 e. The second-order valence-electron chi connectivity index (χ2n) is 12.7. The van der Waals surface area contributed by atoms with Crippen LogP contribution in [-0.4, -0.2) is 60.2 Å². The van der Waals surface area contributed by atoms with Crippen molar-refractivity contribution in [1.29, 1.82) is 10.5 Å². The fourth-order valence-corrected chi connectivity index (χ4v) is 7.59. The molecule has 53 heavy (non-hydrogen) atoms. The molecule has 1 amide bonds. The summed E-state index contributed by atoms with van der Waals surface area (Å²) in [4.78, 5) is 36.6. The number of ether oxygens (including phenoxy) is 2. The molecule has 3 N–H and O–H groups in total. The summed E-state index contributed by atoms with van der Waals surface area (Å²) < 4.78 is 11.2. The van der Waals surface area contributed by atoms with Gasteiger partial charge in [-0.25, -0.2) is 14.8 Å². The van der Waals surface area contributed by atoms with Gasteiger partial charge in [0, 0.05) is 40.4 Å². The van der Waals surface area contributed by atoms with Crippen molar-refractivity contribution < 1.29 is 19.1 Å². The molecule has 2 atom stereocenters. The molecule has 11 nitrogen and oxygen atoms in total.